The second-order valence-corrected chi connectivity index (χ2v) is 5.85. The van der Waals surface area contributed by atoms with Crippen LogP contribution in [-0.4, -0.2) is 38.7 Å². The van der Waals surface area contributed by atoms with Crippen molar-refractivity contribution in [2.45, 2.75) is 20.3 Å². The van der Waals surface area contributed by atoms with Crippen molar-refractivity contribution in [3.8, 4) is 5.75 Å². The van der Waals surface area contributed by atoms with E-state index in [1.807, 2.05) is 36.1 Å². The van der Waals surface area contributed by atoms with Crippen molar-refractivity contribution < 1.29 is 19.1 Å². The number of anilines is 2. The van der Waals surface area contributed by atoms with Crippen LogP contribution in [0, 0.1) is 0 Å². The minimum atomic E-state index is -0.343. The Hall–Kier alpha value is -3.02. The van der Waals surface area contributed by atoms with E-state index in [0.29, 0.717) is 43.1 Å². The number of para-hydroxylation sites is 2. The van der Waals surface area contributed by atoms with E-state index in [1.165, 1.54) is 0 Å². The minimum Gasteiger partial charge on any atom is -0.495 e. The molecule has 144 valence electrons. The highest BCUT2D eigenvalue weighted by molar-refractivity contribution is 5.93. The fraction of sp³-hybridized carbons (Fsp3) is 0.333. The topological polar surface area (TPSA) is 67.9 Å². The summed E-state index contributed by atoms with van der Waals surface area (Å²) in [5, 5.41) is 2.87. The standard InChI is InChI=1S/C21H26N2O4/c1-4-23(17-10-8-9-16(15-17)21(25)27-5-2)14-13-20(24)22-18-11-6-7-12-19(18)26-3/h6-12,15H,4-5,13-14H2,1-3H3,(H,22,24). The lowest BCUT2D eigenvalue weighted by Gasteiger charge is -2.23. The average Bonchev–Trinajstić information content (AvgIpc) is 2.69. The van der Waals surface area contributed by atoms with Gasteiger partial charge in [0, 0.05) is 25.2 Å². The van der Waals surface area contributed by atoms with Gasteiger partial charge in [-0.3, -0.25) is 4.79 Å². The Balaban J connectivity index is 1.99. The number of rotatable bonds is 9. The van der Waals surface area contributed by atoms with E-state index in [4.69, 9.17) is 9.47 Å². The molecule has 0 unspecified atom stereocenters. The molecule has 0 aromatic heterocycles. The summed E-state index contributed by atoms with van der Waals surface area (Å²) >= 11 is 0. The van der Waals surface area contributed by atoms with Crippen LogP contribution in [0.4, 0.5) is 11.4 Å². The molecule has 0 saturated carbocycles. The summed E-state index contributed by atoms with van der Waals surface area (Å²) in [6.07, 6.45) is 0.315. The Morgan fingerprint density at radius 2 is 1.85 bits per heavy atom. The van der Waals surface area contributed by atoms with E-state index < -0.39 is 0 Å². The van der Waals surface area contributed by atoms with Crippen LogP contribution in [0.1, 0.15) is 30.6 Å². The molecule has 6 nitrogen and oxygen atoms in total. The zero-order valence-corrected chi connectivity index (χ0v) is 16.0. The molecule has 0 heterocycles. The molecule has 0 fully saturated rings. The normalized spacial score (nSPS) is 10.2. The van der Waals surface area contributed by atoms with Crippen LogP contribution in [-0.2, 0) is 9.53 Å². The number of hydrogen-bond acceptors (Lipinski definition) is 5. The molecule has 0 aliphatic carbocycles. The van der Waals surface area contributed by atoms with E-state index >= 15 is 0 Å². The molecule has 0 aliphatic heterocycles. The van der Waals surface area contributed by atoms with Crippen molar-refractivity contribution in [3.05, 3.63) is 54.1 Å². The third-order valence-corrected chi connectivity index (χ3v) is 4.09. The zero-order chi connectivity index (χ0) is 19.6. The molecule has 2 aromatic rings. The molecule has 2 rings (SSSR count). The van der Waals surface area contributed by atoms with Gasteiger partial charge in [0.05, 0.1) is 25.0 Å². The van der Waals surface area contributed by atoms with Gasteiger partial charge in [-0.15, -0.1) is 0 Å². The van der Waals surface area contributed by atoms with Crippen molar-refractivity contribution in [1.82, 2.24) is 0 Å². The number of ether oxygens (including phenoxy) is 2. The Morgan fingerprint density at radius 1 is 1.07 bits per heavy atom. The number of benzene rings is 2. The molecule has 0 bridgehead atoms. The van der Waals surface area contributed by atoms with Gasteiger partial charge in [0.2, 0.25) is 5.91 Å². The molecule has 27 heavy (non-hydrogen) atoms. The maximum Gasteiger partial charge on any atom is 0.338 e. The van der Waals surface area contributed by atoms with Gasteiger partial charge in [-0.2, -0.15) is 0 Å². The second kappa shape index (κ2) is 10.2. The summed E-state index contributed by atoms with van der Waals surface area (Å²) in [5.74, 6) is 0.184. The van der Waals surface area contributed by atoms with Crippen LogP contribution >= 0.6 is 0 Å². The first-order chi connectivity index (χ1) is 13.1. The summed E-state index contributed by atoms with van der Waals surface area (Å²) in [6.45, 7) is 5.37. The van der Waals surface area contributed by atoms with Crippen LogP contribution in [0.5, 0.6) is 5.75 Å². The van der Waals surface area contributed by atoms with Gasteiger partial charge in [0.1, 0.15) is 5.75 Å². The Kier molecular flexibility index (Phi) is 7.67. The third kappa shape index (κ3) is 5.74. The van der Waals surface area contributed by atoms with Gasteiger partial charge in [0.25, 0.3) is 0 Å². The molecule has 1 amide bonds. The number of carbonyl (C=O) groups is 2. The predicted molar refractivity (Wildman–Crippen MR) is 107 cm³/mol. The molecule has 0 spiro atoms. The molecular weight excluding hydrogens is 344 g/mol. The second-order valence-electron chi connectivity index (χ2n) is 5.85. The SMILES string of the molecule is CCOC(=O)c1cccc(N(CC)CCC(=O)Nc2ccccc2OC)c1. The molecule has 0 atom stereocenters. The van der Waals surface area contributed by atoms with E-state index in [9.17, 15) is 9.59 Å². The molecular formula is C21H26N2O4. The van der Waals surface area contributed by atoms with Gasteiger partial charge in [0.15, 0.2) is 0 Å². The van der Waals surface area contributed by atoms with Crippen LogP contribution in [0.2, 0.25) is 0 Å². The summed E-state index contributed by atoms with van der Waals surface area (Å²) in [5.41, 5.74) is 2.04. The molecule has 6 heteroatoms. The van der Waals surface area contributed by atoms with E-state index in [1.54, 1.807) is 38.3 Å². The molecule has 0 aliphatic rings. The minimum absolute atomic E-state index is 0.0977. The summed E-state index contributed by atoms with van der Waals surface area (Å²) in [4.78, 5) is 26.3. The van der Waals surface area contributed by atoms with E-state index in [2.05, 4.69) is 5.32 Å². The van der Waals surface area contributed by atoms with E-state index in [-0.39, 0.29) is 11.9 Å². The first-order valence-corrected chi connectivity index (χ1v) is 9.04. The lowest BCUT2D eigenvalue weighted by Crippen LogP contribution is -2.27. The van der Waals surface area contributed by atoms with Gasteiger partial charge in [-0.25, -0.2) is 4.79 Å². The number of amides is 1. The number of methoxy groups -OCH3 is 1. The quantitative estimate of drug-likeness (QED) is 0.681. The van der Waals surface area contributed by atoms with Crippen LogP contribution in [0.3, 0.4) is 0 Å². The highest BCUT2D eigenvalue weighted by atomic mass is 16.5. The van der Waals surface area contributed by atoms with Crippen LogP contribution in [0.15, 0.2) is 48.5 Å². The summed E-state index contributed by atoms with van der Waals surface area (Å²) < 4.78 is 10.3. The fourth-order valence-corrected chi connectivity index (χ4v) is 2.71. The first kappa shape index (κ1) is 20.3. The Labute approximate surface area is 160 Å². The number of carbonyl (C=O) groups excluding carboxylic acids is 2. The molecule has 0 saturated heterocycles. The predicted octanol–water partition coefficient (Wildman–Crippen LogP) is 3.73. The lowest BCUT2D eigenvalue weighted by atomic mass is 10.2. The van der Waals surface area contributed by atoms with Gasteiger partial charge in [-0.05, 0) is 44.2 Å². The van der Waals surface area contributed by atoms with E-state index in [0.717, 1.165) is 5.69 Å². The van der Waals surface area contributed by atoms with Crippen molar-refractivity contribution in [2.75, 3.05) is 37.0 Å². The van der Waals surface area contributed by atoms with Gasteiger partial charge >= 0.3 is 5.97 Å². The van der Waals surface area contributed by atoms with Crippen LogP contribution < -0.4 is 15.0 Å². The highest BCUT2D eigenvalue weighted by Gasteiger charge is 2.12. The maximum absolute atomic E-state index is 12.3. The smallest absolute Gasteiger partial charge is 0.338 e. The van der Waals surface area contributed by atoms with Crippen molar-refractivity contribution in [3.63, 3.8) is 0 Å². The summed E-state index contributed by atoms with van der Waals surface area (Å²) in [6, 6.07) is 14.6. The molecule has 2 aromatic carbocycles. The first-order valence-electron chi connectivity index (χ1n) is 9.04. The Morgan fingerprint density at radius 3 is 2.56 bits per heavy atom. The largest absolute Gasteiger partial charge is 0.495 e. The number of nitrogens with one attached hydrogen (secondary N) is 1. The van der Waals surface area contributed by atoms with Crippen molar-refractivity contribution >= 4 is 23.3 Å². The third-order valence-electron chi connectivity index (χ3n) is 4.09. The van der Waals surface area contributed by atoms with Gasteiger partial charge < -0.3 is 19.7 Å². The monoisotopic (exact) mass is 370 g/mol. The number of hydrogen-bond donors (Lipinski definition) is 1. The molecule has 0 radical (unpaired) electrons. The van der Waals surface area contributed by atoms with Crippen molar-refractivity contribution in [1.29, 1.82) is 0 Å². The number of nitrogens with zero attached hydrogens (tertiary/aromatic N) is 1. The fourth-order valence-electron chi connectivity index (χ4n) is 2.71. The van der Waals surface area contributed by atoms with Crippen molar-refractivity contribution in [2.24, 2.45) is 0 Å². The van der Waals surface area contributed by atoms with Crippen LogP contribution in [0.25, 0.3) is 0 Å². The number of esters is 1. The average molecular weight is 370 g/mol. The van der Waals surface area contributed by atoms with Gasteiger partial charge in [-0.1, -0.05) is 18.2 Å². The zero-order valence-electron chi connectivity index (χ0n) is 16.0. The lowest BCUT2D eigenvalue weighted by molar-refractivity contribution is -0.116. The maximum atomic E-state index is 12.3. The Bertz CT molecular complexity index is 776. The highest BCUT2D eigenvalue weighted by Crippen LogP contribution is 2.23. The summed E-state index contributed by atoms with van der Waals surface area (Å²) in [7, 11) is 1.57. The molecule has 1 N–H and O–H groups in total.